The Balaban J connectivity index is 1.51. The molecule has 29 heavy (non-hydrogen) atoms. The number of carbonyl (C=O) groups is 1. The maximum absolute atomic E-state index is 12.6. The predicted octanol–water partition coefficient (Wildman–Crippen LogP) is 2.65. The van der Waals surface area contributed by atoms with Crippen molar-refractivity contribution in [1.29, 1.82) is 0 Å². The number of halogens is 3. The van der Waals surface area contributed by atoms with E-state index in [0.717, 1.165) is 12.1 Å². The molecule has 1 fully saturated rings. The van der Waals surface area contributed by atoms with Crippen LogP contribution in [0.4, 0.5) is 18.9 Å². The Labute approximate surface area is 167 Å². The Morgan fingerprint density at radius 3 is 2.07 bits per heavy atom. The Bertz CT molecular complexity index is 940. The van der Waals surface area contributed by atoms with Gasteiger partial charge in [0, 0.05) is 31.9 Å². The van der Waals surface area contributed by atoms with Gasteiger partial charge in [-0.3, -0.25) is 4.79 Å². The summed E-state index contributed by atoms with van der Waals surface area (Å²) < 4.78 is 64.3. The summed E-state index contributed by atoms with van der Waals surface area (Å²) in [5.74, 6) is -0.248. The number of hydrogen-bond donors (Lipinski definition) is 1. The van der Waals surface area contributed by atoms with Gasteiger partial charge in [0.1, 0.15) is 0 Å². The smallest absolute Gasteiger partial charge is 0.376 e. The summed E-state index contributed by atoms with van der Waals surface area (Å²) in [6.07, 6.45) is -4.41. The van der Waals surface area contributed by atoms with E-state index in [4.69, 9.17) is 0 Å². The monoisotopic (exact) mass is 427 g/mol. The van der Waals surface area contributed by atoms with Crippen LogP contribution in [0.2, 0.25) is 0 Å². The second kappa shape index (κ2) is 8.42. The van der Waals surface area contributed by atoms with Crippen molar-refractivity contribution in [2.24, 2.45) is 0 Å². The minimum absolute atomic E-state index is 0.0865. The van der Waals surface area contributed by atoms with Crippen LogP contribution in [0, 0.1) is 0 Å². The highest BCUT2D eigenvalue weighted by atomic mass is 32.2. The van der Waals surface area contributed by atoms with E-state index in [9.17, 15) is 26.4 Å². The summed E-state index contributed by atoms with van der Waals surface area (Å²) >= 11 is 0. The Morgan fingerprint density at radius 2 is 1.52 bits per heavy atom. The molecule has 1 aliphatic rings. The molecule has 3 rings (SSSR count). The van der Waals surface area contributed by atoms with E-state index in [1.807, 2.05) is 0 Å². The second-order valence-electron chi connectivity index (χ2n) is 6.53. The van der Waals surface area contributed by atoms with Gasteiger partial charge in [0.2, 0.25) is 15.9 Å². The molecule has 10 heteroatoms. The fourth-order valence-corrected chi connectivity index (χ4v) is 4.43. The summed E-state index contributed by atoms with van der Waals surface area (Å²) in [5.41, 5.74) is -0.359. The van der Waals surface area contributed by atoms with E-state index in [1.54, 1.807) is 18.2 Å². The number of benzene rings is 2. The van der Waals surface area contributed by atoms with Crippen LogP contribution in [0.5, 0.6) is 0 Å². The van der Waals surface area contributed by atoms with Gasteiger partial charge in [0.05, 0.1) is 17.0 Å². The highest BCUT2D eigenvalue weighted by Crippen LogP contribution is 2.29. The predicted molar refractivity (Wildman–Crippen MR) is 102 cm³/mol. The molecular formula is C19H20F3N3O3S. The van der Waals surface area contributed by atoms with Crippen molar-refractivity contribution in [1.82, 2.24) is 9.21 Å². The SMILES string of the molecule is O=C(CNc1ccc(C(F)(F)F)cc1)N1CCN(S(=O)(=O)c2ccccc2)CC1. The molecule has 1 aliphatic heterocycles. The first-order valence-electron chi connectivity index (χ1n) is 8.92. The normalized spacial score (nSPS) is 15.9. The van der Waals surface area contributed by atoms with E-state index >= 15 is 0 Å². The molecular weight excluding hydrogens is 407 g/mol. The van der Waals surface area contributed by atoms with E-state index in [2.05, 4.69) is 5.32 Å². The Kier molecular flexibility index (Phi) is 6.13. The first-order valence-corrected chi connectivity index (χ1v) is 10.4. The van der Waals surface area contributed by atoms with Crippen LogP contribution in [0.1, 0.15) is 5.56 Å². The van der Waals surface area contributed by atoms with E-state index in [1.165, 1.54) is 33.5 Å². The summed E-state index contributed by atoms with van der Waals surface area (Å²) in [4.78, 5) is 14.1. The van der Waals surface area contributed by atoms with E-state index in [0.29, 0.717) is 5.69 Å². The molecule has 0 saturated carbocycles. The zero-order valence-corrected chi connectivity index (χ0v) is 16.2. The fourth-order valence-electron chi connectivity index (χ4n) is 2.99. The number of carbonyl (C=O) groups excluding carboxylic acids is 1. The van der Waals surface area contributed by atoms with Gasteiger partial charge in [-0.05, 0) is 36.4 Å². The highest BCUT2D eigenvalue weighted by Gasteiger charge is 2.31. The first kappa shape index (κ1) is 21.1. The molecule has 0 spiro atoms. The van der Waals surface area contributed by atoms with Gasteiger partial charge in [-0.25, -0.2) is 8.42 Å². The second-order valence-corrected chi connectivity index (χ2v) is 8.46. The van der Waals surface area contributed by atoms with Crippen molar-refractivity contribution in [3.63, 3.8) is 0 Å². The molecule has 0 radical (unpaired) electrons. The van der Waals surface area contributed by atoms with Crippen LogP contribution in [0.15, 0.2) is 59.5 Å². The molecule has 1 N–H and O–H groups in total. The van der Waals surface area contributed by atoms with Crippen LogP contribution in [0.25, 0.3) is 0 Å². The molecule has 2 aromatic rings. The van der Waals surface area contributed by atoms with E-state index in [-0.39, 0.29) is 43.5 Å². The zero-order valence-electron chi connectivity index (χ0n) is 15.4. The van der Waals surface area contributed by atoms with Crippen molar-refractivity contribution >= 4 is 21.6 Å². The minimum Gasteiger partial charge on any atom is -0.376 e. The molecule has 0 bridgehead atoms. The van der Waals surface area contributed by atoms with E-state index < -0.39 is 21.8 Å². The topological polar surface area (TPSA) is 69.7 Å². The van der Waals surface area contributed by atoms with Gasteiger partial charge in [-0.15, -0.1) is 0 Å². The number of rotatable bonds is 5. The third kappa shape index (κ3) is 5.07. The summed E-state index contributed by atoms with van der Waals surface area (Å²) in [7, 11) is -3.59. The van der Waals surface area contributed by atoms with Crippen LogP contribution in [0.3, 0.4) is 0 Å². The number of alkyl halides is 3. The van der Waals surface area contributed by atoms with Crippen molar-refractivity contribution in [2.45, 2.75) is 11.1 Å². The van der Waals surface area contributed by atoms with Crippen molar-refractivity contribution in [2.75, 3.05) is 38.0 Å². The quantitative estimate of drug-likeness (QED) is 0.797. The number of amides is 1. The molecule has 0 aromatic heterocycles. The third-order valence-electron chi connectivity index (χ3n) is 4.63. The zero-order chi connectivity index (χ0) is 21.1. The minimum atomic E-state index is -4.41. The van der Waals surface area contributed by atoms with Crippen LogP contribution in [-0.2, 0) is 21.0 Å². The molecule has 6 nitrogen and oxygen atoms in total. The lowest BCUT2D eigenvalue weighted by Crippen LogP contribution is -2.51. The third-order valence-corrected chi connectivity index (χ3v) is 6.54. The Morgan fingerprint density at radius 1 is 0.931 bits per heavy atom. The number of nitrogens with zero attached hydrogens (tertiary/aromatic N) is 2. The number of piperazine rings is 1. The maximum Gasteiger partial charge on any atom is 0.416 e. The molecule has 2 aromatic carbocycles. The lowest BCUT2D eigenvalue weighted by atomic mass is 10.2. The summed E-state index contributed by atoms with van der Waals surface area (Å²) in [6, 6.07) is 12.5. The molecule has 1 heterocycles. The lowest BCUT2D eigenvalue weighted by Gasteiger charge is -2.34. The van der Waals surface area contributed by atoms with Crippen molar-refractivity contribution in [3.05, 3.63) is 60.2 Å². The highest BCUT2D eigenvalue weighted by molar-refractivity contribution is 7.89. The maximum atomic E-state index is 12.6. The van der Waals surface area contributed by atoms with Gasteiger partial charge in [0.15, 0.2) is 0 Å². The van der Waals surface area contributed by atoms with Crippen LogP contribution < -0.4 is 5.32 Å². The average Bonchev–Trinajstić information content (AvgIpc) is 2.72. The van der Waals surface area contributed by atoms with Crippen molar-refractivity contribution < 1.29 is 26.4 Å². The van der Waals surface area contributed by atoms with Gasteiger partial charge in [-0.1, -0.05) is 18.2 Å². The van der Waals surface area contributed by atoms with Crippen LogP contribution in [-0.4, -0.2) is 56.3 Å². The standard InChI is InChI=1S/C19H20F3N3O3S/c20-19(21,22)15-6-8-16(9-7-15)23-14-18(26)24-10-12-25(13-11-24)29(27,28)17-4-2-1-3-5-17/h1-9,23H,10-14H2. The number of anilines is 1. The number of hydrogen-bond acceptors (Lipinski definition) is 4. The number of nitrogens with one attached hydrogen (secondary N) is 1. The summed E-state index contributed by atoms with van der Waals surface area (Å²) in [6.45, 7) is 0.780. The largest absolute Gasteiger partial charge is 0.416 e. The Hall–Kier alpha value is -2.59. The molecule has 1 saturated heterocycles. The lowest BCUT2D eigenvalue weighted by molar-refractivity contribution is -0.137. The molecule has 0 unspecified atom stereocenters. The van der Waals surface area contributed by atoms with Crippen molar-refractivity contribution in [3.8, 4) is 0 Å². The summed E-state index contributed by atoms with van der Waals surface area (Å²) in [5, 5.41) is 2.80. The fraction of sp³-hybridized carbons (Fsp3) is 0.316. The molecule has 0 aliphatic carbocycles. The molecule has 0 atom stereocenters. The molecule has 1 amide bonds. The van der Waals surface area contributed by atoms with Gasteiger partial charge >= 0.3 is 6.18 Å². The average molecular weight is 427 g/mol. The van der Waals surface area contributed by atoms with Gasteiger partial charge in [-0.2, -0.15) is 17.5 Å². The first-order chi connectivity index (χ1) is 13.7. The van der Waals surface area contributed by atoms with Gasteiger partial charge in [0.25, 0.3) is 0 Å². The molecule has 156 valence electrons. The number of sulfonamides is 1. The van der Waals surface area contributed by atoms with Crippen LogP contribution >= 0.6 is 0 Å². The van der Waals surface area contributed by atoms with Gasteiger partial charge < -0.3 is 10.2 Å².